The van der Waals surface area contributed by atoms with Gasteiger partial charge in [-0.15, -0.1) is 0 Å². The van der Waals surface area contributed by atoms with Gasteiger partial charge in [-0.05, 0) is 6.42 Å². The van der Waals surface area contributed by atoms with Gasteiger partial charge in [0.2, 0.25) is 11.8 Å². The Morgan fingerprint density at radius 3 is 2.57 bits per heavy atom. The summed E-state index contributed by atoms with van der Waals surface area (Å²) in [6.07, 6.45) is 0.697. The minimum atomic E-state index is -0.408. The predicted octanol–water partition coefficient (Wildman–Crippen LogP) is -0.929. The number of carbonyl (C=O) groups excluding carboxylic acids is 2. The molecule has 1 aliphatic rings. The lowest BCUT2D eigenvalue weighted by molar-refractivity contribution is -0.145. The van der Waals surface area contributed by atoms with Crippen molar-refractivity contribution in [1.82, 2.24) is 10.2 Å². The van der Waals surface area contributed by atoms with Crippen LogP contribution in [-0.4, -0.2) is 41.9 Å². The molecule has 1 fully saturated rings. The molecular formula is C9H17N3O2. The van der Waals surface area contributed by atoms with Gasteiger partial charge in [0.25, 0.3) is 0 Å². The Hall–Kier alpha value is -1.10. The molecule has 14 heavy (non-hydrogen) atoms. The molecule has 0 aliphatic carbocycles. The molecule has 1 saturated heterocycles. The van der Waals surface area contributed by atoms with Crippen LogP contribution in [-0.2, 0) is 9.59 Å². The van der Waals surface area contributed by atoms with E-state index in [0.29, 0.717) is 13.0 Å². The molecule has 5 heteroatoms. The van der Waals surface area contributed by atoms with E-state index < -0.39 is 5.91 Å². The smallest absolute Gasteiger partial charge is 0.240 e. The Balaban J connectivity index is 2.35. The van der Waals surface area contributed by atoms with Crippen LogP contribution in [0.5, 0.6) is 0 Å². The van der Waals surface area contributed by atoms with Crippen LogP contribution in [0.3, 0.4) is 0 Å². The van der Waals surface area contributed by atoms with Crippen LogP contribution in [0.1, 0.15) is 20.3 Å². The molecule has 1 atom stereocenters. The predicted molar refractivity (Wildman–Crippen MR) is 52.5 cm³/mol. The summed E-state index contributed by atoms with van der Waals surface area (Å²) in [5.41, 5.74) is 5.13. The molecule has 0 radical (unpaired) electrons. The fourth-order valence-electron chi connectivity index (χ4n) is 1.37. The number of likely N-dealkylation sites (tertiary alicyclic amines) is 1. The Bertz CT molecular complexity index is 240. The monoisotopic (exact) mass is 199 g/mol. The highest BCUT2D eigenvalue weighted by Gasteiger charge is 2.35. The van der Waals surface area contributed by atoms with Crippen LogP contribution in [0.2, 0.25) is 0 Å². The molecule has 0 bridgehead atoms. The molecule has 1 unspecified atom stereocenters. The summed E-state index contributed by atoms with van der Waals surface area (Å²) in [7, 11) is 0. The van der Waals surface area contributed by atoms with Crippen molar-refractivity contribution in [2.75, 3.05) is 13.1 Å². The second-order valence-corrected chi connectivity index (χ2v) is 3.83. The molecule has 3 N–H and O–H groups in total. The van der Waals surface area contributed by atoms with E-state index >= 15 is 0 Å². The number of rotatable bonds is 4. The zero-order chi connectivity index (χ0) is 10.7. The van der Waals surface area contributed by atoms with Gasteiger partial charge in [-0.3, -0.25) is 9.59 Å². The number of carbonyl (C=O) groups is 2. The van der Waals surface area contributed by atoms with Crippen molar-refractivity contribution >= 4 is 11.8 Å². The van der Waals surface area contributed by atoms with E-state index in [1.165, 1.54) is 4.90 Å². The summed E-state index contributed by atoms with van der Waals surface area (Å²) >= 11 is 0. The number of primary amides is 1. The second kappa shape index (κ2) is 4.41. The van der Waals surface area contributed by atoms with Gasteiger partial charge < -0.3 is 16.0 Å². The second-order valence-electron chi connectivity index (χ2n) is 3.83. The minimum Gasteiger partial charge on any atom is -0.368 e. The van der Waals surface area contributed by atoms with Gasteiger partial charge in [0.15, 0.2) is 0 Å². The molecule has 80 valence electrons. The number of nitrogens with two attached hydrogens (primary N) is 1. The third kappa shape index (κ3) is 2.45. The first-order valence-electron chi connectivity index (χ1n) is 4.84. The Kier molecular flexibility index (Phi) is 3.46. The van der Waals surface area contributed by atoms with E-state index in [-0.39, 0.29) is 24.5 Å². The van der Waals surface area contributed by atoms with Gasteiger partial charge in [-0.1, -0.05) is 13.8 Å². The fraction of sp³-hybridized carbons (Fsp3) is 0.778. The van der Waals surface area contributed by atoms with E-state index in [9.17, 15) is 9.59 Å². The van der Waals surface area contributed by atoms with E-state index in [1.807, 2.05) is 13.8 Å². The van der Waals surface area contributed by atoms with E-state index in [0.717, 1.165) is 0 Å². The van der Waals surface area contributed by atoms with Crippen molar-refractivity contribution < 1.29 is 9.59 Å². The standard InChI is InChI=1S/C9H17N3O2/c1-6(2)11-5-8(13)12-4-3-7(12)9(10)14/h6-7,11H,3-5H2,1-2H3,(H2,10,14). The molecule has 1 rings (SSSR count). The van der Waals surface area contributed by atoms with Crippen LogP contribution in [0.25, 0.3) is 0 Å². The highest BCUT2D eigenvalue weighted by Crippen LogP contribution is 2.16. The first-order chi connectivity index (χ1) is 6.52. The van der Waals surface area contributed by atoms with Crippen LogP contribution >= 0.6 is 0 Å². The van der Waals surface area contributed by atoms with Crippen molar-refractivity contribution in [1.29, 1.82) is 0 Å². The van der Waals surface area contributed by atoms with Gasteiger partial charge in [0.05, 0.1) is 6.54 Å². The van der Waals surface area contributed by atoms with Crippen molar-refractivity contribution in [2.45, 2.75) is 32.4 Å². The maximum absolute atomic E-state index is 11.5. The number of nitrogens with zero attached hydrogens (tertiary/aromatic N) is 1. The maximum Gasteiger partial charge on any atom is 0.240 e. The van der Waals surface area contributed by atoms with E-state index in [1.54, 1.807) is 0 Å². The van der Waals surface area contributed by atoms with Gasteiger partial charge in [-0.25, -0.2) is 0 Å². The number of nitrogens with one attached hydrogen (secondary N) is 1. The van der Waals surface area contributed by atoms with Crippen LogP contribution in [0.15, 0.2) is 0 Å². The largest absolute Gasteiger partial charge is 0.368 e. The van der Waals surface area contributed by atoms with E-state index in [2.05, 4.69) is 5.32 Å². The van der Waals surface area contributed by atoms with E-state index in [4.69, 9.17) is 5.73 Å². The molecule has 0 aromatic heterocycles. The third-order valence-electron chi connectivity index (χ3n) is 2.33. The topological polar surface area (TPSA) is 75.4 Å². The zero-order valence-electron chi connectivity index (χ0n) is 8.62. The lowest BCUT2D eigenvalue weighted by atomic mass is 10.0. The molecule has 2 amide bonds. The number of amides is 2. The van der Waals surface area contributed by atoms with Gasteiger partial charge >= 0.3 is 0 Å². The maximum atomic E-state index is 11.5. The van der Waals surface area contributed by atoms with Gasteiger partial charge in [0.1, 0.15) is 6.04 Å². The Morgan fingerprint density at radius 1 is 1.57 bits per heavy atom. The summed E-state index contributed by atoms with van der Waals surface area (Å²) in [5.74, 6) is -0.456. The average molecular weight is 199 g/mol. The van der Waals surface area contributed by atoms with Gasteiger partial charge in [-0.2, -0.15) is 0 Å². The summed E-state index contributed by atoms with van der Waals surface area (Å²) in [5, 5.41) is 3.01. The lowest BCUT2D eigenvalue weighted by Crippen LogP contribution is -2.59. The normalized spacial score (nSPS) is 20.8. The molecule has 5 nitrogen and oxygen atoms in total. The van der Waals surface area contributed by atoms with Crippen LogP contribution in [0.4, 0.5) is 0 Å². The van der Waals surface area contributed by atoms with Gasteiger partial charge in [0, 0.05) is 12.6 Å². The van der Waals surface area contributed by atoms with Crippen molar-refractivity contribution in [2.24, 2.45) is 5.73 Å². The SMILES string of the molecule is CC(C)NCC(=O)N1CCC1C(N)=O. The van der Waals surface area contributed by atoms with Crippen LogP contribution in [0, 0.1) is 0 Å². The molecule has 0 aromatic rings. The Morgan fingerprint density at radius 2 is 2.21 bits per heavy atom. The first kappa shape index (κ1) is 11.0. The molecule has 0 aromatic carbocycles. The highest BCUT2D eigenvalue weighted by atomic mass is 16.2. The summed E-state index contributed by atoms with van der Waals surface area (Å²) in [4.78, 5) is 23.9. The first-order valence-corrected chi connectivity index (χ1v) is 4.84. The number of hydrogen-bond acceptors (Lipinski definition) is 3. The molecule has 1 aliphatic heterocycles. The van der Waals surface area contributed by atoms with Crippen molar-refractivity contribution in [3.63, 3.8) is 0 Å². The molecular weight excluding hydrogens is 182 g/mol. The number of hydrogen-bond donors (Lipinski definition) is 2. The molecule has 0 spiro atoms. The third-order valence-corrected chi connectivity index (χ3v) is 2.33. The Labute approximate surface area is 83.6 Å². The molecule has 1 heterocycles. The minimum absolute atomic E-state index is 0.0475. The quantitative estimate of drug-likeness (QED) is 0.614. The van der Waals surface area contributed by atoms with Crippen LogP contribution < -0.4 is 11.1 Å². The summed E-state index contributed by atoms with van der Waals surface area (Å²) < 4.78 is 0. The van der Waals surface area contributed by atoms with Crippen molar-refractivity contribution in [3.05, 3.63) is 0 Å². The summed E-state index contributed by atoms with van der Waals surface area (Å²) in [6.45, 7) is 4.86. The zero-order valence-corrected chi connectivity index (χ0v) is 8.62. The summed E-state index contributed by atoms with van der Waals surface area (Å²) in [6, 6.07) is -0.108. The fourth-order valence-corrected chi connectivity index (χ4v) is 1.37. The highest BCUT2D eigenvalue weighted by molar-refractivity contribution is 5.89. The van der Waals surface area contributed by atoms with Crippen molar-refractivity contribution in [3.8, 4) is 0 Å². The lowest BCUT2D eigenvalue weighted by Gasteiger charge is -2.38. The average Bonchev–Trinajstić information content (AvgIpc) is 1.97. The molecule has 0 saturated carbocycles.